The molecule has 1 saturated heterocycles. The number of nitrogens with two attached hydrogens (primary N) is 1. The van der Waals surface area contributed by atoms with Crippen molar-refractivity contribution in [3.05, 3.63) is 0 Å². The lowest BCUT2D eigenvalue weighted by Crippen LogP contribution is -2.51. The second kappa shape index (κ2) is 7.69. The van der Waals surface area contributed by atoms with Gasteiger partial charge in [0.1, 0.15) is 0 Å². The molecule has 0 aromatic carbocycles. The summed E-state index contributed by atoms with van der Waals surface area (Å²) in [6, 6.07) is 0.385. The second-order valence-corrected chi connectivity index (χ2v) is 5.56. The molecule has 1 atom stereocenters. The molecule has 0 bridgehead atoms. The lowest BCUT2D eigenvalue weighted by atomic mass is 10.1. The largest absolute Gasteiger partial charge is 0.393 e. The van der Waals surface area contributed by atoms with Gasteiger partial charge in [-0.3, -0.25) is 9.69 Å². The van der Waals surface area contributed by atoms with Crippen LogP contribution in [0.4, 0.5) is 0 Å². The molecule has 2 N–H and O–H groups in total. The molecule has 1 heterocycles. The number of carbonyl (C=O) groups is 1. The monoisotopic (exact) mass is 271 g/mol. The van der Waals surface area contributed by atoms with Crippen molar-refractivity contribution in [2.45, 2.75) is 45.6 Å². The second-order valence-electron chi connectivity index (χ2n) is 5.04. The van der Waals surface area contributed by atoms with Crippen LogP contribution in [0.25, 0.3) is 0 Å². The molecular weight excluding hydrogens is 246 g/mol. The fourth-order valence-electron chi connectivity index (χ4n) is 2.32. The number of rotatable bonds is 6. The molecule has 1 rings (SSSR count). The van der Waals surface area contributed by atoms with Gasteiger partial charge in [-0.05, 0) is 13.3 Å². The first kappa shape index (κ1) is 15.4. The van der Waals surface area contributed by atoms with E-state index < -0.39 is 0 Å². The number of hydrogen-bond donors (Lipinski definition) is 1. The van der Waals surface area contributed by atoms with Crippen LogP contribution in [0.2, 0.25) is 0 Å². The zero-order valence-corrected chi connectivity index (χ0v) is 12.3. The van der Waals surface area contributed by atoms with Gasteiger partial charge in [0.25, 0.3) is 0 Å². The fourth-order valence-corrected chi connectivity index (χ4v) is 2.56. The van der Waals surface area contributed by atoms with Crippen LogP contribution in [0, 0.1) is 0 Å². The summed E-state index contributed by atoms with van der Waals surface area (Å²) in [4.78, 5) is 16.8. The first-order chi connectivity index (χ1) is 8.54. The van der Waals surface area contributed by atoms with Crippen molar-refractivity contribution in [1.29, 1.82) is 0 Å². The van der Waals surface area contributed by atoms with Crippen LogP contribution in [-0.2, 0) is 4.79 Å². The van der Waals surface area contributed by atoms with Gasteiger partial charge in [0, 0.05) is 45.1 Å². The van der Waals surface area contributed by atoms with Gasteiger partial charge in [0.05, 0.1) is 4.99 Å². The van der Waals surface area contributed by atoms with Gasteiger partial charge in [-0.1, -0.05) is 25.6 Å². The Morgan fingerprint density at radius 1 is 1.33 bits per heavy atom. The van der Waals surface area contributed by atoms with E-state index in [1.54, 1.807) is 0 Å². The predicted octanol–water partition coefficient (Wildman–Crippen LogP) is 1.39. The summed E-state index contributed by atoms with van der Waals surface area (Å²) in [6.07, 6.45) is 3.53. The number of nitrogens with zero attached hydrogens (tertiary/aromatic N) is 2. The van der Waals surface area contributed by atoms with Crippen LogP contribution >= 0.6 is 12.2 Å². The van der Waals surface area contributed by atoms with E-state index in [9.17, 15) is 4.79 Å². The summed E-state index contributed by atoms with van der Waals surface area (Å²) in [6.45, 7) is 7.80. The molecule has 0 aliphatic carbocycles. The Balaban J connectivity index is 2.31. The number of hydrogen-bond acceptors (Lipinski definition) is 3. The number of carbonyl (C=O) groups excluding carboxylic acids is 1. The van der Waals surface area contributed by atoms with Gasteiger partial charge in [-0.15, -0.1) is 0 Å². The van der Waals surface area contributed by atoms with E-state index in [0.717, 1.165) is 45.4 Å². The molecule has 0 saturated carbocycles. The van der Waals surface area contributed by atoms with Crippen molar-refractivity contribution in [3.8, 4) is 0 Å². The van der Waals surface area contributed by atoms with E-state index in [-0.39, 0.29) is 0 Å². The van der Waals surface area contributed by atoms with E-state index in [1.807, 2.05) is 4.90 Å². The number of unbranched alkanes of at least 4 members (excludes halogenated alkanes) is 1. The Morgan fingerprint density at radius 2 is 1.94 bits per heavy atom. The molecule has 1 aliphatic rings. The molecule has 4 nitrogen and oxygen atoms in total. The average Bonchev–Trinajstić information content (AvgIpc) is 2.35. The highest BCUT2D eigenvalue weighted by molar-refractivity contribution is 7.80. The van der Waals surface area contributed by atoms with Crippen molar-refractivity contribution < 1.29 is 4.79 Å². The van der Waals surface area contributed by atoms with Crippen LogP contribution < -0.4 is 5.73 Å². The first-order valence-corrected chi connectivity index (χ1v) is 7.25. The smallest absolute Gasteiger partial charge is 0.222 e. The Kier molecular flexibility index (Phi) is 6.57. The predicted molar refractivity (Wildman–Crippen MR) is 78.5 cm³/mol. The number of amides is 1. The maximum atomic E-state index is 11.9. The fraction of sp³-hybridized carbons (Fsp3) is 0.846. The topological polar surface area (TPSA) is 49.6 Å². The van der Waals surface area contributed by atoms with Gasteiger partial charge in [-0.25, -0.2) is 0 Å². The zero-order valence-electron chi connectivity index (χ0n) is 11.5. The third-order valence-corrected chi connectivity index (χ3v) is 3.70. The zero-order chi connectivity index (χ0) is 13.5. The van der Waals surface area contributed by atoms with Crippen LogP contribution in [0.3, 0.4) is 0 Å². The minimum absolute atomic E-state index is 0.304. The maximum absolute atomic E-state index is 11.9. The molecule has 1 fully saturated rings. The van der Waals surface area contributed by atoms with Crippen LogP contribution in [0.5, 0.6) is 0 Å². The number of piperazine rings is 1. The average molecular weight is 271 g/mol. The summed E-state index contributed by atoms with van der Waals surface area (Å²) >= 11 is 4.94. The van der Waals surface area contributed by atoms with Gasteiger partial charge in [-0.2, -0.15) is 0 Å². The Labute approximate surface area is 115 Å². The highest BCUT2D eigenvalue weighted by Gasteiger charge is 2.23. The third kappa shape index (κ3) is 4.90. The Hall–Kier alpha value is -0.680. The molecule has 5 heteroatoms. The summed E-state index contributed by atoms with van der Waals surface area (Å²) in [5.41, 5.74) is 5.57. The van der Waals surface area contributed by atoms with Crippen LogP contribution in [-0.4, -0.2) is 52.9 Å². The molecular formula is C13H25N3OS. The summed E-state index contributed by atoms with van der Waals surface area (Å²) < 4.78 is 0. The third-order valence-electron chi connectivity index (χ3n) is 3.53. The minimum atomic E-state index is 0.304. The van der Waals surface area contributed by atoms with E-state index in [2.05, 4.69) is 18.7 Å². The van der Waals surface area contributed by atoms with E-state index in [4.69, 9.17) is 18.0 Å². The SMILES string of the molecule is CCCCC(=O)N1CCN(C(C)CC(N)=S)CC1. The van der Waals surface area contributed by atoms with Crippen molar-refractivity contribution in [2.24, 2.45) is 5.73 Å². The Morgan fingerprint density at radius 3 is 2.44 bits per heavy atom. The van der Waals surface area contributed by atoms with Crippen LogP contribution in [0.15, 0.2) is 0 Å². The van der Waals surface area contributed by atoms with E-state index >= 15 is 0 Å². The first-order valence-electron chi connectivity index (χ1n) is 6.84. The molecule has 18 heavy (non-hydrogen) atoms. The highest BCUT2D eigenvalue weighted by Crippen LogP contribution is 2.11. The molecule has 1 amide bonds. The van der Waals surface area contributed by atoms with Gasteiger partial charge in [0.15, 0.2) is 0 Å². The van der Waals surface area contributed by atoms with Gasteiger partial charge in [0.2, 0.25) is 5.91 Å². The summed E-state index contributed by atoms with van der Waals surface area (Å²) in [5, 5.41) is 0. The quantitative estimate of drug-likeness (QED) is 0.742. The Bertz CT molecular complexity index is 288. The van der Waals surface area contributed by atoms with Crippen molar-refractivity contribution in [3.63, 3.8) is 0 Å². The van der Waals surface area contributed by atoms with Gasteiger partial charge < -0.3 is 10.6 Å². The summed E-state index contributed by atoms with van der Waals surface area (Å²) in [5.74, 6) is 0.304. The van der Waals surface area contributed by atoms with Gasteiger partial charge >= 0.3 is 0 Å². The van der Waals surface area contributed by atoms with E-state index in [1.165, 1.54) is 0 Å². The van der Waals surface area contributed by atoms with Crippen molar-refractivity contribution in [2.75, 3.05) is 26.2 Å². The lowest BCUT2D eigenvalue weighted by Gasteiger charge is -2.38. The highest BCUT2D eigenvalue weighted by atomic mass is 32.1. The van der Waals surface area contributed by atoms with Crippen molar-refractivity contribution in [1.82, 2.24) is 9.80 Å². The standard InChI is InChI=1S/C13H25N3OS/c1-3-4-5-13(17)16-8-6-15(7-9-16)11(2)10-12(14)18/h11H,3-10H2,1-2H3,(H2,14,18). The molecule has 1 unspecified atom stereocenters. The molecule has 1 aliphatic heterocycles. The van der Waals surface area contributed by atoms with E-state index in [0.29, 0.717) is 23.4 Å². The van der Waals surface area contributed by atoms with Crippen molar-refractivity contribution >= 4 is 23.1 Å². The molecule has 0 aromatic heterocycles. The molecule has 0 spiro atoms. The number of thiocarbonyl (C=S) groups is 1. The molecule has 104 valence electrons. The summed E-state index contributed by atoms with van der Waals surface area (Å²) in [7, 11) is 0. The molecule has 0 radical (unpaired) electrons. The minimum Gasteiger partial charge on any atom is -0.393 e. The molecule has 0 aromatic rings. The van der Waals surface area contributed by atoms with Crippen LogP contribution in [0.1, 0.15) is 39.5 Å². The maximum Gasteiger partial charge on any atom is 0.222 e. The normalized spacial score (nSPS) is 18.7. The lowest BCUT2D eigenvalue weighted by molar-refractivity contribution is -0.133.